The predicted octanol–water partition coefficient (Wildman–Crippen LogP) is 5.82. The topological polar surface area (TPSA) is 34.1 Å². The fourth-order valence-corrected chi connectivity index (χ4v) is 5.07. The molecule has 0 N–H and O–H groups in total. The van der Waals surface area contributed by atoms with Crippen molar-refractivity contribution in [3.05, 3.63) is 119 Å². The van der Waals surface area contributed by atoms with Crippen LogP contribution >= 0.6 is 0 Å². The van der Waals surface area contributed by atoms with E-state index in [9.17, 15) is 9.59 Å². The Bertz CT molecular complexity index is 1320. The molecule has 4 aromatic carbocycles. The van der Waals surface area contributed by atoms with E-state index >= 15 is 0 Å². The number of hydrogen-bond acceptors (Lipinski definition) is 2. The Kier molecular flexibility index (Phi) is 3.63. The van der Waals surface area contributed by atoms with E-state index in [0.717, 1.165) is 38.9 Å². The number of rotatable bonds is 3. The van der Waals surface area contributed by atoms with Crippen molar-refractivity contribution in [2.24, 2.45) is 0 Å². The molecule has 0 heterocycles. The van der Waals surface area contributed by atoms with Crippen LogP contribution in [0.5, 0.6) is 0 Å². The van der Waals surface area contributed by atoms with Crippen LogP contribution in [-0.4, -0.2) is 11.6 Å². The summed E-state index contributed by atoms with van der Waals surface area (Å²) in [5.41, 5.74) is 8.88. The summed E-state index contributed by atoms with van der Waals surface area (Å²) in [4.78, 5) is 27.1. The molecule has 0 saturated heterocycles. The summed E-state index contributed by atoms with van der Waals surface area (Å²) < 4.78 is 0. The summed E-state index contributed by atoms with van der Waals surface area (Å²) >= 11 is 0. The van der Waals surface area contributed by atoms with Gasteiger partial charge in [-0.15, -0.1) is 0 Å². The van der Waals surface area contributed by atoms with Gasteiger partial charge in [-0.3, -0.25) is 9.59 Å². The van der Waals surface area contributed by atoms with Crippen molar-refractivity contribution < 1.29 is 9.59 Å². The Morgan fingerprint density at radius 1 is 0.600 bits per heavy atom. The van der Waals surface area contributed by atoms with Crippen LogP contribution in [0.15, 0.2) is 91.0 Å². The quantitative estimate of drug-likeness (QED) is 0.289. The van der Waals surface area contributed by atoms with Gasteiger partial charge in [0.1, 0.15) is 0 Å². The van der Waals surface area contributed by atoms with Gasteiger partial charge >= 0.3 is 0 Å². The number of carbonyl (C=O) groups is 2. The first-order chi connectivity index (χ1) is 14.7. The van der Waals surface area contributed by atoms with Gasteiger partial charge in [-0.1, -0.05) is 91.0 Å². The van der Waals surface area contributed by atoms with Crippen molar-refractivity contribution in [1.82, 2.24) is 0 Å². The highest BCUT2D eigenvalue weighted by atomic mass is 16.2. The molecule has 0 saturated carbocycles. The predicted molar refractivity (Wildman–Crippen MR) is 118 cm³/mol. The van der Waals surface area contributed by atoms with Gasteiger partial charge in [0.2, 0.25) is 11.6 Å². The highest BCUT2D eigenvalue weighted by Crippen LogP contribution is 2.46. The molecule has 6 rings (SSSR count). The molecule has 0 radical (unpaired) electrons. The second-order valence-corrected chi connectivity index (χ2v) is 7.97. The Morgan fingerprint density at radius 2 is 1.17 bits per heavy atom. The highest BCUT2D eigenvalue weighted by molar-refractivity contribution is 6.47. The van der Waals surface area contributed by atoms with Crippen molar-refractivity contribution in [2.75, 3.05) is 0 Å². The molecule has 0 amide bonds. The molecule has 0 fully saturated rings. The first-order valence-electron chi connectivity index (χ1n) is 10.2. The smallest absolute Gasteiger partial charge is 0.229 e. The summed E-state index contributed by atoms with van der Waals surface area (Å²) in [7, 11) is 0. The zero-order chi connectivity index (χ0) is 20.2. The number of benzene rings is 4. The maximum Gasteiger partial charge on any atom is 0.229 e. The average molecular weight is 386 g/mol. The Balaban J connectivity index is 1.45. The molecular formula is C28H18O2. The lowest BCUT2D eigenvalue weighted by Crippen LogP contribution is -2.23. The summed E-state index contributed by atoms with van der Waals surface area (Å²) in [6.07, 6.45) is 0.693. The number of ketones is 2. The minimum absolute atomic E-state index is 0.350. The second-order valence-electron chi connectivity index (χ2n) is 7.97. The van der Waals surface area contributed by atoms with Gasteiger partial charge in [0.25, 0.3) is 0 Å². The van der Waals surface area contributed by atoms with Crippen molar-refractivity contribution in [1.29, 1.82) is 0 Å². The van der Waals surface area contributed by atoms with Crippen LogP contribution in [0.1, 0.15) is 38.5 Å². The molecule has 2 nitrogen and oxygen atoms in total. The van der Waals surface area contributed by atoms with Gasteiger partial charge in [-0.2, -0.15) is 0 Å². The highest BCUT2D eigenvalue weighted by Gasteiger charge is 2.38. The van der Waals surface area contributed by atoms with Crippen molar-refractivity contribution in [3.8, 4) is 22.3 Å². The molecule has 0 atom stereocenters. The van der Waals surface area contributed by atoms with Crippen LogP contribution in [0.4, 0.5) is 0 Å². The molecule has 0 bridgehead atoms. The fourth-order valence-electron chi connectivity index (χ4n) is 5.07. The van der Waals surface area contributed by atoms with Crippen LogP contribution in [0.3, 0.4) is 0 Å². The zero-order valence-electron chi connectivity index (χ0n) is 16.3. The number of carbonyl (C=O) groups excluding carboxylic acids is 2. The van der Waals surface area contributed by atoms with Crippen molar-refractivity contribution >= 4 is 11.6 Å². The largest absolute Gasteiger partial charge is 0.289 e. The summed E-state index contributed by atoms with van der Waals surface area (Å²) in [5.74, 6) is -1.28. The number of Topliss-reactive ketones (excluding diaryl/α,β-unsaturated/α-hetero) is 2. The van der Waals surface area contributed by atoms with Crippen molar-refractivity contribution in [3.63, 3.8) is 0 Å². The molecule has 2 heteroatoms. The fraction of sp³-hybridized carbons (Fsp3) is 0.0714. The summed E-state index contributed by atoms with van der Waals surface area (Å²) in [6.45, 7) is 0. The molecule has 4 aromatic rings. The molecule has 0 spiro atoms. The zero-order valence-corrected chi connectivity index (χ0v) is 16.3. The standard InChI is InChI=1S/C28H18O2/c29-27(24-15-7-14-19-18-9-2-1-8-17(18)16-25(19)24)28(30)26-22-12-5-3-10-20(22)21-11-4-6-13-23(21)26/h1-15,26H,16H2. The first-order valence-corrected chi connectivity index (χ1v) is 10.2. The van der Waals surface area contributed by atoms with E-state index in [2.05, 4.69) is 12.1 Å². The maximum atomic E-state index is 13.6. The van der Waals surface area contributed by atoms with Crippen LogP contribution in [0.25, 0.3) is 22.3 Å². The van der Waals surface area contributed by atoms with Gasteiger partial charge in [0.05, 0.1) is 5.92 Å². The summed E-state index contributed by atoms with van der Waals surface area (Å²) in [5, 5.41) is 0. The van der Waals surface area contributed by atoms with Crippen molar-refractivity contribution in [2.45, 2.75) is 12.3 Å². The lowest BCUT2D eigenvalue weighted by Gasteiger charge is -2.13. The third-order valence-corrected chi connectivity index (χ3v) is 6.42. The van der Waals surface area contributed by atoms with E-state index < -0.39 is 11.7 Å². The van der Waals surface area contributed by atoms with Gasteiger partial charge < -0.3 is 0 Å². The molecule has 0 aromatic heterocycles. The first kappa shape index (κ1) is 17.1. The molecule has 0 aliphatic heterocycles. The van der Waals surface area contributed by atoms with E-state index in [-0.39, 0.29) is 5.78 Å². The normalized spacial score (nSPS) is 13.3. The molecular weight excluding hydrogens is 368 g/mol. The lowest BCUT2D eigenvalue weighted by atomic mass is 9.86. The van der Waals surface area contributed by atoms with Crippen LogP contribution < -0.4 is 0 Å². The summed E-state index contributed by atoms with van der Waals surface area (Å²) in [6, 6.07) is 29.8. The second kappa shape index (κ2) is 6.36. The van der Waals surface area contributed by atoms with E-state index in [4.69, 9.17) is 0 Å². The number of fused-ring (bicyclic) bond motifs is 6. The minimum atomic E-state index is -0.537. The van der Waals surface area contributed by atoms with Gasteiger partial charge in [0, 0.05) is 5.56 Å². The maximum absolute atomic E-state index is 13.6. The Morgan fingerprint density at radius 3 is 1.87 bits per heavy atom. The van der Waals surface area contributed by atoms with E-state index in [1.54, 1.807) is 6.07 Å². The number of hydrogen-bond donors (Lipinski definition) is 0. The Hall–Kier alpha value is -3.78. The molecule has 30 heavy (non-hydrogen) atoms. The van der Waals surface area contributed by atoms with E-state index in [1.807, 2.05) is 72.8 Å². The third kappa shape index (κ3) is 2.31. The lowest BCUT2D eigenvalue weighted by molar-refractivity contribution is -0.115. The molecule has 2 aliphatic rings. The SMILES string of the molecule is O=C(C(=O)C1c2ccccc2-c2ccccc21)c1cccc2c1Cc1ccccc1-2. The van der Waals surface area contributed by atoms with Crippen LogP contribution in [-0.2, 0) is 11.2 Å². The van der Waals surface area contributed by atoms with E-state index in [1.165, 1.54) is 5.56 Å². The van der Waals surface area contributed by atoms with Crippen LogP contribution in [0.2, 0.25) is 0 Å². The molecule has 142 valence electrons. The van der Waals surface area contributed by atoms with Crippen LogP contribution in [0, 0.1) is 0 Å². The average Bonchev–Trinajstić information content (AvgIpc) is 3.34. The van der Waals surface area contributed by atoms with Gasteiger partial charge in [-0.25, -0.2) is 0 Å². The van der Waals surface area contributed by atoms with Gasteiger partial charge in [-0.05, 0) is 50.9 Å². The molecule has 2 aliphatic carbocycles. The molecule has 0 unspecified atom stereocenters. The minimum Gasteiger partial charge on any atom is -0.289 e. The monoisotopic (exact) mass is 386 g/mol. The van der Waals surface area contributed by atoms with E-state index in [0.29, 0.717) is 12.0 Å². The third-order valence-electron chi connectivity index (χ3n) is 6.42. The van der Waals surface area contributed by atoms with Gasteiger partial charge in [0.15, 0.2) is 0 Å². The Labute approximate surface area is 174 Å².